The molecule has 3 aromatic rings. The normalized spacial score (nSPS) is 10.6. The maximum absolute atomic E-state index is 12.1. The predicted octanol–water partition coefficient (Wildman–Crippen LogP) is 2.40. The summed E-state index contributed by atoms with van der Waals surface area (Å²) < 4.78 is 4.99. The molecule has 0 aliphatic rings. The summed E-state index contributed by atoms with van der Waals surface area (Å²) >= 11 is 0. The van der Waals surface area contributed by atoms with Gasteiger partial charge in [-0.1, -0.05) is 35.9 Å². The molecule has 8 heteroatoms. The van der Waals surface area contributed by atoms with Crippen LogP contribution in [-0.4, -0.2) is 41.1 Å². The van der Waals surface area contributed by atoms with Crippen LogP contribution in [0.4, 0.5) is 5.69 Å². The van der Waals surface area contributed by atoms with Gasteiger partial charge in [-0.05, 0) is 38.0 Å². The standard InChI is InChI=1S/C21H22N4O4/c1-12-8-13(2)19(14(3)9-12)23-17(26)10-22-18(27)11-29-21(28)20-15-6-4-5-7-16(15)24-25-20/h4-9H,10-11H2,1-3H3,(H,22,27)(H,23,26)(H,24,25). The number of aryl methyl sites for hydroxylation is 3. The zero-order chi connectivity index (χ0) is 21.0. The number of hydrogen-bond acceptors (Lipinski definition) is 5. The molecule has 0 radical (unpaired) electrons. The monoisotopic (exact) mass is 394 g/mol. The van der Waals surface area contributed by atoms with E-state index >= 15 is 0 Å². The molecule has 1 heterocycles. The number of anilines is 1. The van der Waals surface area contributed by atoms with Gasteiger partial charge in [0.2, 0.25) is 5.91 Å². The van der Waals surface area contributed by atoms with E-state index in [1.54, 1.807) is 18.2 Å². The number of amides is 2. The summed E-state index contributed by atoms with van der Waals surface area (Å²) in [4.78, 5) is 36.2. The van der Waals surface area contributed by atoms with Crippen molar-refractivity contribution in [1.82, 2.24) is 15.5 Å². The van der Waals surface area contributed by atoms with Gasteiger partial charge in [-0.3, -0.25) is 14.7 Å². The smallest absolute Gasteiger partial charge is 0.359 e. The van der Waals surface area contributed by atoms with Crippen LogP contribution >= 0.6 is 0 Å². The summed E-state index contributed by atoms with van der Waals surface area (Å²) in [5.74, 6) is -1.66. The zero-order valence-electron chi connectivity index (χ0n) is 16.5. The number of ether oxygens (including phenoxy) is 1. The largest absolute Gasteiger partial charge is 0.451 e. The minimum Gasteiger partial charge on any atom is -0.451 e. The third kappa shape index (κ3) is 4.78. The fourth-order valence-electron chi connectivity index (χ4n) is 3.11. The molecule has 2 aromatic carbocycles. The fraction of sp³-hybridized carbons (Fsp3) is 0.238. The summed E-state index contributed by atoms with van der Waals surface area (Å²) in [7, 11) is 0. The van der Waals surface area contributed by atoms with Gasteiger partial charge < -0.3 is 15.4 Å². The van der Waals surface area contributed by atoms with Crippen LogP contribution in [0.5, 0.6) is 0 Å². The molecule has 0 unspecified atom stereocenters. The number of fused-ring (bicyclic) bond motifs is 1. The third-order valence-corrected chi connectivity index (χ3v) is 4.39. The van der Waals surface area contributed by atoms with Crippen LogP contribution in [0.1, 0.15) is 27.2 Å². The highest BCUT2D eigenvalue weighted by atomic mass is 16.5. The molecule has 3 N–H and O–H groups in total. The van der Waals surface area contributed by atoms with E-state index in [0.717, 1.165) is 22.4 Å². The Hall–Kier alpha value is -3.68. The number of esters is 1. The molecule has 3 rings (SSSR count). The van der Waals surface area contributed by atoms with Crippen molar-refractivity contribution in [3.8, 4) is 0 Å². The van der Waals surface area contributed by atoms with Crippen molar-refractivity contribution >= 4 is 34.4 Å². The highest BCUT2D eigenvalue weighted by molar-refractivity contribution is 6.02. The molecule has 1 aromatic heterocycles. The Kier molecular flexibility index (Phi) is 5.92. The Balaban J connectivity index is 1.49. The van der Waals surface area contributed by atoms with Crippen LogP contribution < -0.4 is 10.6 Å². The lowest BCUT2D eigenvalue weighted by atomic mass is 10.1. The molecule has 29 heavy (non-hydrogen) atoms. The van der Waals surface area contributed by atoms with Crippen LogP contribution in [0.3, 0.4) is 0 Å². The number of benzene rings is 2. The van der Waals surface area contributed by atoms with Gasteiger partial charge in [0.05, 0.1) is 12.1 Å². The van der Waals surface area contributed by atoms with Crippen molar-refractivity contribution in [2.45, 2.75) is 20.8 Å². The van der Waals surface area contributed by atoms with E-state index in [0.29, 0.717) is 10.9 Å². The number of nitrogens with zero attached hydrogens (tertiary/aromatic N) is 1. The maximum atomic E-state index is 12.1. The number of aromatic nitrogens is 2. The van der Waals surface area contributed by atoms with E-state index in [1.165, 1.54) is 0 Å². The van der Waals surface area contributed by atoms with Crippen LogP contribution in [0.15, 0.2) is 36.4 Å². The number of para-hydroxylation sites is 1. The summed E-state index contributed by atoms with van der Waals surface area (Å²) in [5, 5.41) is 12.5. The first-order chi connectivity index (χ1) is 13.8. The van der Waals surface area contributed by atoms with Gasteiger partial charge in [-0.15, -0.1) is 0 Å². The molecule has 2 amide bonds. The second kappa shape index (κ2) is 8.55. The quantitative estimate of drug-likeness (QED) is 0.556. The molecular formula is C21H22N4O4. The van der Waals surface area contributed by atoms with Crippen molar-refractivity contribution in [1.29, 1.82) is 0 Å². The minimum atomic E-state index is -0.715. The molecule has 0 aliphatic carbocycles. The summed E-state index contributed by atoms with van der Waals surface area (Å²) in [6.45, 7) is 5.07. The average Bonchev–Trinajstić information content (AvgIpc) is 3.11. The number of hydrogen-bond donors (Lipinski definition) is 3. The summed E-state index contributed by atoms with van der Waals surface area (Å²) in [6.07, 6.45) is 0. The van der Waals surface area contributed by atoms with Crippen LogP contribution in [0.25, 0.3) is 10.9 Å². The Labute approximate surface area is 167 Å². The topological polar surface area (TPSA) is 113 Å². The first-order valence-electron chi connectivity index (χ1n) is 9.10. The highest BCUT2D eigenvalue weighted by Crippen LogP contribution is 2.21. The zero-order valence-corrected chi connectivity index (χ0v) is 16.5. The number of rotatable bonds is 6. The molecule has 0 fully saturated rings. The van der Waals surface area contributed by atoms with Crippen LogP contribution in [-0.2, 0) is 14.3 Å². The molecule has 0 atom stereocenters. The van der Waals surface area contributed by atoms with Gasteiger partial charge >= 0.3 is 5.97 Å². The van der Waals surface area contributed by atoms with E-state index in [2.05, 4.69) is 20.8 Å². The lowest BCUT2D eigenvalue weighted by molar-refractivity contribution is -0.126. The predicted molar refractivity (Wildman–Crippen MR) is 109 cm³/mol. The average molecular weight is 394 g/mol. The molecule has 0 spiro atoms. The molecule has 0 aliphatic heterocycles. The fourth-order valence-corrected chi connectivity index (χ4v) is 3.11. The Morgan fingerprint density at radius 3 is 2.45 bits per heavy atom. The lowest BCUT2D eigenvalue weighted by Crippen LogP contribution is -2.35. The highest BCUT2D eigenvalue weighted by Gasteiger charge is 2.17. The number of carbonyl (C=O) groups is 3. The van der Waals surface area contributed by atoms with E-state index in [-0.39, 0.29) is 18.1 Å². The van der Waals surface area contributed by atoms with Crippen molar-refractivity contribution in [2.24, 2.45) is 0 Å². The Morgan fingerprint density at radius 2 is 1.72 bits per heavy atom. The minimum absolute atomic E-state index is 0.108. The summed E-state index contributed by atoms with van der Waals surface area (Å²) in [6, 6.07) is 11.0. The van der Waals surface area contributed by atoms with Crippen molar-refractivity contribution in [2.75, 3.05) is 18.5 Å². The molecule has 0 saturated carbocycles. The summed E-state index contributed by atoms with van der Waals surface area (Å²) in [5.41, 5.74) is 4.54. The maximum Gasteiger partial charge on any atom is 0.359 e. The van der Waals surface area contributed by atoms with Crippen molar-refractivity contribution in [3.05, 3.63) is 58.8 Å². The first-order valence-corrected chi connectivity index (χ1v) is 9.10. The molecular weight excluding hydrogens is 372 g/mol. The first kappa shape index (κ1) is 20.1. The van der Waals surface area contributed by atoms with E-state index < -0.39 is 18.5 Å². The number of nitrogens with one attached hydrogen (secondary N) is 3. The van der Waals surface area contributed by atoms with Crippen LogP contribution in [0, 0.1) is 20.8 Å². The van der Waals surface area contributed by atoms with Gasteiger partial charge in [-0.25, -0.2) is 4.79 Å². The second-order valence-corrected chi connectivity index (χ2v) is 6.79. The molecule has 0 saturated heterocycles. The van der Waals surface area contributed by atoms with Crippen LogP contribution in [0.2, 0.25) is 0 Å². The molecule has 0 bridgehead atoms. The van der Waals surface area contributed by atoms with Gasteiger partial charge in [0.1, 0.15) is 0 Å². The van der Waals surface area contributed by atoms with E-state index in [1.807, 2.05) is 39.0 Å². The van der Waals surface area contributed by atoms with Crippen molar-refractivity contribution < 1.29 is 19.1 Å². The Morgan fingerprint density at radius 1 is 1.03 bits per heavy atom. The van der Waals surface area contributed by atoms with Crippen molar-refractivity contribution in [3.63, 3.8) is 0 Å². The van der Waals surface area contributed by atoms with Gasteiger partial charge in [0.25, 0.3) is 5.91 Å². The third-order valence-electron chi connectivity index (χ3n) is 4.39. The Bertz CT molecular complexity index is 1060. The van der Waals surface area contributed by atoms with E-state index in [4.69, 9.17) is 4.74 Å². The number of H-pyrrole nitrogens is 1. The number of carbonyl (C=O) groups excluding carboxylic acids is 3. The number of aromatic amines is 1. The SMILES string of the molecule is Cc1cc(C)c(NC(=O)CNC(=O)COC(=O)c2n[nH]c3ccccc23)c(C)c1. The van der Waals surface area contributed by atoms with Gasteiger partial charge in [0, 0.05) is 11.1 Å². The van der Waals surface area contributed by atoms with Gasteiger partial charge in [-0.2, -0.15) is 5.10 Å². The lowest BCUT2D eigenvalue weighted by Gasteiger charge is -2.13. The van der Waals surface area contributed by atoms with Gasteiger partial charge in [0.15, 0.2) is 12.3 Å². The second-order valence-electron chi connectivity index (χ2n) is 6.79. The molecule has 150 valence electrons. The van der Waals surface area contributed by atoms with E-state index in [9.17, 15) is 14.4 Å². The molecule has 8 nitrogen and oxygen atoms in total.